The molecule has 0 fully saturated rings. The fourth-order valence-electron chi connectivity index (χ4n) is 1.31. The molecule has 0 amide bonds. The first-order chi connectivity index (χ1) is 7.16. The molecule has 0 radical (unpaired) electrons. The van der Waals surface area contributed by atoms with E-state index in [2.05, 4.69) is 10.1 Å². The molecule has 0 spiro atoms. The van der Waals surface area contributed by atoms with Crippen LogP contribution in [0.4, 0.5) is 0 Å². The van der Waals surface area contributed by atoms with Crippen LogP contribution < -0.4 is 0 Å². The summed E-state index contributed by atoms with van der Waals surface area (Å²) in [6.07, 6.45) is 2.95. The van der Waals surface area contributed by atoms with Crippen LogP contribution in [0.5, 0.6) is 0 Å². The van der Waals surface area contributed by atoms with Gasteiger partial charge in [-0.2, -0.15) is 5.10 Å². The lowest BCUT2D eigenvalue weighted by atomic mass is 10.2. The second kappa shape index (κ2) is 3.56. The summed E-state index contributed by atoms with van der Waals surface area (Å²) in [4.78, 5) is 14.5. The Morgan fingerprint density at radius 1 is 1.67 bits per heavy atom. The van der Waals surface area contributed by atoms with Gasteiger partial charge in [0.15, 0.2) is 0 Å². The highest BCUT2D eigenvalue weighted by Gasteiger charge is 2.13. The standard InChI is InChI=1S/C9H9N3O3/c1-6-8(9(13)14)2-7(15-6)3-12-5-10-4-11-12/h2,4-5H,3H2,1H3,(H,13,14). The zero-order valence-corrected chi connectivity index (χ0v) is 8.04. The minimum Gasteiger partial charge on any atom is -0.478 e. The average molecular weight is 207 g/mol. The number of hydrogen-bond acceptors (Lipinski definition) is 4. The van der Waals surface area contributed by atoms with Gasteiger partial charge in [-0.1, -0.05) is 0 Å². The van der Waals surface area contributed by atoms with Crippen LogP contribution in [0.15, 0.2) is 23.1 Å². The van der Waals surface area contributed by atoms with E-state index >= 15 is 0 Å². The van der Waals surface area contributed by atoms with Crippen molar-refractivity contribution in [2.24, 2.45) is 0 Å². The van der Waals surface area contributed by atoms with Gasteiger partial charge in [0.1, 0.15) is 36.3 Å². The van der Waals surface area contributed by atoms with Crippen molar-refractivity contribution in [3.05, 3.63) is 35.8 Å². The molecule has 1 N–H and O–H groups in total. The van der Waals surface area contributed by atoms with E-state index < -0.39 is 5.97 Å². The lowest BCUT2D eigenvalue weighted by Gasteiger charge is -1.94. The average Bonchev–Trinajstić information content (AvgIpc) is 2.75. The number of furan rings is 1. The van der Waals surface area contributed by atoms with E-state index in [9.17, 15) is 4.79 Å². The first-order valence-electron chi connectivity index (χ1n) is 4.32. The minimum atomic E-state index is -0.985. The molecular formula is C9H9N3O3. The number of aryl methyl sites for hydroxylation is 1. The fourth-order valence-corrected chi connectivity index (χ4v) is 1.31. The molecule has 2 heterocycles. The number of carboxylic acid groups (broad SMARTS) is 1. The highest BCUT2D eigenvalue weighted by atomic mass is 16.4. The van der Waals surface area contributed by atoms with Crippen LogP contribution >= 0.6 is 0 Å². The highest BCUT2D eigenvalue weighted by Crippen LogP contribution is 2.15. The summed E-state index contributed by atoms with van der Waals surface area (Å²) < 4.78 is 6.84. The molecule has 6 nitrogen and oxygen atoms in total. The molecule has 15 heavy (non-hydrogen) atoms. The number of aromatic nitrogens is 3. The first kappa shape index (κ1) is 9.45. The zero-order valence-electron chi connectivity index (χ0n) is 8.04. The normalized spacial score (nSPS) is 10.5. The van der Waals surface area contributed by atoms with Crippen molar-refractivity contribution in [1.82, 2.24) is 14.8 Å². The molecule has 0 saturated carbocycles. The number of carbonyl (C=O) groups is 1. The summed E-state index contributed by atoms with van der Waals surface area (Å²) in [6.45, 7) is 2.00. The van der Waals surface area contributed by atoms with Gasteiger partial charge in [-0.25, -0.2) is 14.5 Å². The van der Waals surface area contributed by atoms with Gasteiger partial charge >= 0.3 is 5.97 Å². The maximum absolute atomic E-state index is 10.7. The molecule has 0 unspecified atom stereocenters. The predicted molar refractivity (Wildman–Crippen MR) is 49.5 cm³/mol. The van der Waals surface area contributed by atoms with Gasteiger partial charge in [-0.3, -0.25) is 0 Å². The van der Waals surface area contributed by atoms with Crippen molar-refractivity contribution in [3.63, 3.8) is 0 Å². The van der Waals surface area contributed by atoms with E-state index in [0.29, 0.717) is 18.1 Å². The Bertz CT molecular complexity index is 473. The second-order valence-electron chi connectivity index (χ2n) is 3.08. The Labute approximate surface area is 85.2 Å². The molecule has 0 aliphatic carbocycles. The van der Waals surface area contributed by atoms with Crippen LogP contribution in [-0.4, -0.2) is 25.8 Å². The Kier molecular flexibility index (Phi) is 2.24. The van der Waals surface area contributed by atoms with Crippen LogP contribution in [0.1, 0.15) is 21.9 Å². The number of hydrogen-bond donors (Lipinski definition) is 1. The number of nitrogens with zero attached hydrogens (tertiary/aromatic N) is 3. The molecule has 0 aromatic carbocycles. The Balaban J connectivity index is 2.23. The van der Waals surface area contributed by atoms with Gasteiger partial charge in [0.05, 0.1) is 0 Å². The van der Waals surface area contributed by atoms with E-state index in [1.54, 1.807) is 11.6 Å². The molecule has 0 atom stereocenters. The van der Waals surface area contributed by atoms with Crippen molar-refractivity contribution in [3.8, 4) is 0 Å². The van der Waals surface area contributed by atoms with Crippen molar-refractivity contribution >= 4 is 5.97 Å². The van der Waals surface area contributed by atoms with Gasteiger partial charge in [-0.05, 0) is 13.0 Å². The van der Waals surface area contributed by atoms with E-state index in [-0.39, 0.29) is 5.56 Å². The van der Waals surface area contributed by atoms with Crippen molar-refractivity contribution in [2.75, 3.05) is 0 Å². The summed E-state index contributed by atoms with van der Waals surface area (Å²) in [6, 6.07) is 1.50. The van der Waals surface area contributed by atoms with Gasteiger partial charge < -0.3 is 9.52 Å². The van der Waals surface area contributed by atoms with Crippen LogP contribution in [0.25, 0.3) is 0 Å². The number of rotatable bonds is 3. The fraction of sp³-hybridized carbons (Fsp3) is 0.222. The summed E-state index contributed by atoms with van der Waals surface area (Å²) in [5, 5.41) is 12.7. The third-order valence-electron chi connectivity index (χ3n) is 1.98. The largest absolute Gasteiger partial charge is 0.478 e. The van der Waals surface area contributed by atoms with Crippen LogP contribution in [0.2, 0.25) is 0 Å². The Morgan fingerprint density at radius 3 is 3.00 bits per heavy atom. The molecule has 78 valence electrons. The topological polar surface area (TPSA) is 81.2 Å². The van der Waals surface area contributed by atoms with Gasteiger partial charge in [-0.15, -0.1) is 0 Å². The molecule has 2 aromatic rings. The van der Waals surface area contributed by atoms with Crippen molar-refractivity contribution in [2.45, 2.75) is 13.5 Å². The first-order valence-corrected chi connectivity index (χ1v) is 4.32. The summed E-state index contributed by atoms with van der Waals surface area (Å²) in [5.74, 6) is -0.0332. The van der Waals surface area contributed by atoms with E-state index in [1.807, 2.05) is 0 Å². The molecule has 0 saturated heterocycles. The molecule has 6 heteroatoms. The van der Waals surface area contributed by atoms with E-state index in [4.69, 9.17) is 9.52 Å². The molecular weight excluding hydrogens is 198 g/mol. The quantitative estimate of drug-likeness (QED) is 0.809. The zero-order chi connectivity index (χ0) is 10.8. The van der Waals surface area contributed by atoms with Crippen molar-refractivity contribution in [1.29, 1.82) is 0 Å². The monoisotopic (exact) mass is 207 g/mol. The summed E-state index contributed by atoms with van der Waals surface area (Å²) >= 11 is 0. The third kappa shape index (κ3) is 1.88. The second-order valence-corrected chi connectivity index (χ2v) is 3.08. The summed E-state index contributed by atoms with van der Waals surface area (Å²) in [5.41, 5.74) is 0.185. The highest BCUT2D eigenvalue weighted by molar-refractivity contribution is 5.88. The Morgan fingerprint density at radius 2 is 2.47 bits per heavy atom. The Hall–Kier alpha value is -2.11. The molecule has 2 aromatic heterocycles. The van der Waals surface area contributed by atoms with Crippen LogP contribution in [0, 0.1) is 6.92 Å². The van der Waals surface area contributed by atoms with E-state index in [0.717, 1.165) is 0 Å². The van der Waals surface area contributed by atoms with Gasteiger partial charge in [0, 0.05) is 0 Å². The van der Waals surface area contributed by atoms with E-state index in [1.165, 1.54) is 18.7 Å². The van der Waals surface area contributed by atoms with Gasteiger partial charge in [0.2, 0.25) is 0 Å². The number of aromatic carboxylic acids is 1. The summed E-state index contributed by atoms with van der Waals surface area (Å²) in [7, 11) is 0. The molecule has 2 rings (SSSR count). The van der Waals surface area contributed by atoms with Crippen LogP contribution in [-0.2, 0) is 6.54 Å². The third-order valence-corrected chi connectivity index (χ3v) is 1.98. The smallest absolute Gasteiger partial charge is 0.339 e. The molecule has 0 aliphatic rings. The van der Waals surface area contributed by atoms with Crippen molar-refractivity contribution < 1.29 is 14.3 Å². The predicted octanol–water partition coefficient (Wildman–Crippen LogP) is 0.926. The lowest BCUT2D eigenvalue weighted by Crippen LogP contribution is -1.98. The maximum atomic E-state index is 10.7. The maximum Gasteiger partial charge on any atom is 0.339 e. The lowest BCUT2D eigenvalue weighted by molar-refractivity contribution is 0.0695. The molecule has 0 bridgehead atoms. The van der Waals surface area contributed by atoms with Crippen LogP contribution in [0.3, 0.4) is 0 Å². The number of carboxylic acids is 1. The SMILES string of the molecule is Cc1oc(Cn2cncn2)cc1C(=O)O. The van der Waals surface area contributed by atoms with Gasteiger partial charge in [0.25, 0.3) is 0 Å². The molecule has 0 aliphatic heterocycles. The minimum absolute atomic E-state index is 0.185.